The standard InChI is InChI=1S/C34H33N3O8S2/c1-34(2,3)45-33(43)37-15-14-22-25(17-37)47-30(28(22)32(42)44-4)36-26(38)18-46-21-11-7-10-20(16-21)35-29(39)23-12-5-8-19-9-6-13-24(27(19)23)31(40)41/h5-13,16H,14-15,17-18H2,1-4H3,(H,35,39)(H,36,38)(H,40,41). The second-order valence-corrected chi connectivity index (χ2v) is 13.8. The van der Waals surface area contributed by atoms with E-state index in [0.29, 0.717) is 44.9 Å². The number of nitrogens with zero attached hydrogens (tertiary/aromatic N) is 1. The SMILES string of the molecule is COC(=O)c1c(NC(=O)CSc2cccc(NC(=O)c3cccc4cccc(C(=O)O)c34)c2)sc2c1CCN(C(=O)OC(C)(C)C)C2. The minimum absolute atomic E-state index is 0.00983. The van der Waals surface area contributed by atoms with Crippen molar-refractivity contribution in [2.24, 2.45) is 0 Å². The first-order chi connectivity index (χ1) is 22.3. The zero-order chi connectivity index (χ0) is 33.9. The molecule has 0 bridgehead atoms. The van der Waals surface area contributed by atoms with E-state index in [1.807, 2.05) is 0 Å². The maximum Gasteiger partial charge on any atom is 0.410 e. The van der Waals surface area contributed by atoms with E-state index < -0.39 is 29.5 Å². The molecule has 3 N–H and O–H groups in total. The van der Waals surface area contributed by atoms with Gasteiger partial charge in [-0.2, -0.15) is 0 Å². The number of hydrogen-bond acceptors (Lipinski definition) is 9. The molecular weight excluding hydrogens is 643 g/mol. The molecular formula is C34H33N3O8S2. The fourth-order valence-corrected chi connectivity index (χ4v) is 7.20. The Kier molecular flexibility index (Phi) is 9.87. The molecule has 1 aliphatic heterocycles. The second-order valence-electron chi connectivity index (χ2n) is 11.7. The lowest BCUT2D eigenvalue weighted by atomic mass is 9.98. The molecule has 0 saturated carbocycles. The molecule has 0 atom stereocenters. The molecule has 244 valence electrons. The number of benzene rings is 3. The zero-order valence-electron chi connectivity index (χ0n) is 26.2. The highest BCUT2D eigenvalue weighted by atomic mass is 32.2. The number of anilines is 2. The third kappa shape index (κ3) is 7.75. The normalized spacial score (nSPS) is 12.6. The first-order valence-electron chi connectivity index (χ1n) is 14.6. The van der Waals surface area contributed by atoms with Gasteiger partial charge in [-0.1, -0.05) is 30.3 Å². The number of carbonyl (C=O) groups is 5. The van der Waals surface area contributed by atoms with Crippen molar-refractivity contribution < 1.29 is 38.6 Å². The number of carboxylic acid groups (broad SMARTS) is 1. The number of thiophene rings is 1. The smallest absolute Gasteiger partial charge is 0.410 e. The average molecular weight is 676 g/mol. The molecule has 0 unspecified atom stereocenters. The van der Waals surface area contributed by atoms with Gasteiger partial charge < -0.3 is 30.1 Å². The lowest BCUT2D eigenvalue weighted by molar-refractivity contribution is -0.113. The highest BCUT2D eigenvalue weighted by Gasteiger charge is 2.32. The van der Waals surface area contributed by atoms with Crippen LogP contribution in [0.15, 0.2) is 65.6 Å². The molecule has 0 spiro atoms. The molecule has 1 aromatic heterocycles. The van der Waals surface area contributed by atoms with Crippen molar-refractivity contribution in [1.82, 2.24) is 4.90 Å². The number of carboxylic acids is 1. The van der Waals surface area contributed by atoms with Gasteiger partial charge in [-0.15, -0.1) is 23.1 Å². The van der Waals surface area contributed by atoms with Crippen LogP contribution in [0, 0.1) is 0 Å². The van der Waals surface area contributed by atoms with Gasteiger partial charge in [-0.05, 0) is 68.5 Å². The van der Waals surface area contributed by atoms with Gasteiger partial charge in [0.1, 0.15) is 10.6 Å². The number of nitrogens with one attached hydrogen (secondary N) is 2. The number of hydrogen-bond donors (Lipinski definition) is 3. The third-order valence-electron chi connectivity index (χ3n) is 7.19. The molecule has 5 rings (SSSR count). The number of thioether (sulfide) groups is 1. The fraction of sp³-hybridized carbons (Fsp3) is 0.265. The largest absolute Gasteiger partial charge is 0.478 e. The molecule has 1 aliphatic rings. The molecule has 3 aromatic carbocycles. The fourth-order valence-electron chi connectivity index (χ4n) is 5.17. The maximum atomic E-state index is 13.3. The van der Waals surface area contributed by atoms with Crippen LogP contribution >= 0.6 is 23.1 Å². The van der Waals surface area contributed by atoms with Crippen molar-refractivity contribution in [1.29, 1.82) is 0 Å². The van der Waals surface area contributed by atoms with Crippen molar-refractivity contribution >= 4 is 74.4 Å². The Morgan fingerprint density at radius 3 is 2.36 bits per heavy atom. The zero-order valence-corrected chi connectivity index (χ0v) is 27.8. The summed E-state index contributed by atoms with van der Waals surface area (Å²) in [7, 11) is 1.28. The van der Waals surface area contributed by atoms with Gasteiger partial charge in [0.2, 0.25) is 5.91 Å². The number of fused-ring (bicyclic) bond motifs is 2. The highest BCUT2D eigenvalue weighted by Crippen LogP contribution is 2.38. The van der Waals surface area contributed by atoms with Crippen LogP contribution in [0.1, 0.15) is 62.3 Å². The summed E-state index contributed by atoms with van der Waals surface area (Å²) in [6.07, 6.45) is -0.0339. The van der Waals surface area contributed by atoms with E-state index in [2.05, 4.69) is 10.6 Å². The van der Waals surface area contributed by atoms with Gasteiger partial charge in [-0.3, -0.25) is 9.59 Å². The summed E-state index contributed by atoms with van der Waals surface area (Å²) in [5.74, 6) is -2.51. The van der Waals surface area contributed by atoms with Gasteiger partial charge >= 0.3 is 18.0 Å². The monoisotopic (exact) mass is 675 g/mol. The lowest BCUT2D eigenvalue weighted by Gasteiger charge is -2.30. The quantitative estimate of drug-likeness (QED) is 0.138. The van der Waals surface area contributed by atoms with E-state index in [1.165, 1.54) is 36.3 Å². The molecule has 0 radical (unpaired) electrons. The van der Waals surface area contributed by atoms with Crippen molar-refractivity contribution in [2.45, 2.75) is 44.2 Å². The van der Waals surface area contributed by atoms with E-state index in [-0.39, 0.29) is 29.3 Å². The Labute approximate surface area is 279 Å². The number of carbonyl (C=O) groups excluding carboxylic acids is 4. The summed E-state index contributed by atoms with van der Waals surface area (Å²) in [4.78, 5) is 66.6. The van der Waals surface area contributed by atoms with Crippen LogP contribution in [0.3, 0.4) is 0 Å². The predicted octanol–water partition coefficient (Wildman–Crippen LogP) is 6.66. The Hall–Kier alpha value is -4.88. The molecule has 2 heterocycles. The summed E-state index contributed by atoms with van der Waals surface area (Å²) < 4.78 is 10.5. The van der Waals surface area contributed by atoms with Crippen LogP contribution in [0.2, 0.25) is 0 Å². The lowest BCUT2D eigenvalue weighted by Crippen LogP contribution is -2.39. The van der Waals surface area contributed by atoms with Crippen molar-refractivity contribution in [3.8, 4) is 0 Å². The van der Waals surface area contributed by atoms with E-state index in [4.69, 9.17) is 9.47 Å². The van der Waals surface area contributed by atoms with Crippen LogP contribution in [0.4, 0.5) is 15.5 Å². The van der Waals surface area contributed by atoms with Gasteiger partial charge in [0.15, 0.2) is 0 Å². The minimum Gasteiger partial charge on any atom is -0.478 e. The van der Waals surface area contributed by atoms with Gasteiger partial charge in [0.05, 0.1) is 30.5 Å². The van der Waals surface area contributed by atoms with Crippen LogP contribution < -0.4 is 10.6 Å². The number of esters is 1. The maximum absolute atomic E-state index is 13.3. The van der Waals surface area contributed by atoms with Gasteiger partial charge in [0, 0.05) is 33.0 Å². The van der Waals surface area contributed by atoms with Gasteiger partial charge in [-0.25, -0.2) is 14.4 Å². The molecule has 47 heavy (non-hydrogen) atoms. The summed E-state index contributed by atoms with van der Waals surface area (Å²) in [5, 5.41) is 16.7. The van der Waals surface area contributed by atoms with Gasteiger partial charge in [0.25, 0.3) is 5.91 Å². The first-order valence-corrected chi connectivity index (χ1v) is 16.4. The number of aromatic carboxylic acids is 1. The molecule has 3 amide bonds. The number of methoxy groups -OCH3 is 1. The Morgan fingerprint density at radius 2 is 1.68 bits per heavy atom. The molecule has 4 aromatic rings. The highest BCUT2D eigenvalue weighted by molar-refractivity contribution is 8.00. The molecule has 11 nitrogen and oxygen atoms in total. The average Bonchev–Trinajstić information content (AvgIpc) is 3.39. The van der Waals surface area contributed by atoms with E-state index in [9.17, 15) is 29.1 Å². The minimum atomic E-state index is -1.13. The number of amides is 3. The van der Waals surface area contributed by atoms with Crippen LogP contribution in [-0.2, 0) is 27.2 Å². The summed E-state index contributed by atoms with van der Waals surface area (Å²) in [5.41, 5.74) is 1.12. The first kappa shape index (κ1) is 33.5. The predicted molar refractivity (Wildman–Crippen MR) is 181 cm³/mol. The summed E-state index contributed by atoms with van der Waals surface area (Å²) >= 11 is 2.47. The second kappa shape index (κ2) is 13.9. The molecule has 13 heteroatoms. The summed E-state index contributed by atoms with van der Waals surface area (Å²) in [6.45, 7) is 5.99. The van der Waals surface area contributed by atoms with Crippen molar-refractivity contribution in [3.63, 3.8) is 0 Å². The van der Waals surface area contributed by atoms with E-state index >= 15 is 0 Å². The Bertz CT molecular complexity index is 1890. The van der Waals surface area contributed by atoms with Crippen LogP contribution in [-0.4, -0.2) is 64.9 Å². The van der Waals surface area contributed by atoms with Crippen LogP contribution in [0.25, 0.3) is 10.8 Å². The third-order valence-corrected chi connectivity index (χ3v) is 9.32. The molecule has 0 fully saturated rings. The van der Waals surface area contributed by atoms with Crippen molar-refractivity contribution in [3.05, 3.63) is 87.8 Å². The number of ether oxygens (including phenoxy) is 2. The molecule has 0 aliphatic carbocycles. The number of rotatable bonds is 8. The topological polar surface area (TPSA) is 151 Å². The summed E-state index contributed by atoms with van der Waals surface area (Å²) in [6, 6.07) is 16.8. The van der Waals surface area contributed by atoms with E-state index in [1.54, 1.807) is 80.3 Å². The Balaban J connectivity index is 1.26. The molecule has 0 saturated heterocycles. The Morgan fingerprint density at radius 1 is 0.979 bits per heavy atom. The van der Waals surface area contributed by atoms with E-state index in [0.717, 1.165) is 10.4 Å². The van der Waals surface area contributed by atoms with Crippen molar-refractivity contribution in [2.75, 3.05) is 30.0 Å². The van der Waals surface area contributed by atoms with Crippen LogP contribution in [0.5, 0.6) is 0 Å².